The number of rotatable bonds is 4. The molecule has 4 atom stereocenters. The second-order valence-electron chi connectivity index (χ2n) is 11.3. The van der Waals surface area contributed by atoms with E-state index in [9.17, 15) is 35.0 Å². The molecular formula is C28H30N6O7. The van der Waals surface area contributed by atoms with E-state index < -0.39 is 74.8 Å². The van der Waals surface area contributed by atoms with Crippen LogP contribution in [0.2, 0.25) is 0 Å². The molecule has 1 amide bonds. The number of phenols is 1. The van der Waals surface area contributed by atoms with Gasteiger partial charge in [-0.25, -0.2) is 0 Å². The molecule has 1 aromatic heterocycles. The highest BCUT2D eigenvalue weighted by atomic mass is 16.3. The van der Waals surface area contributed by atoms with Crippen molar-refractivity contribution in [2.45, 2.75) is 30.0 Å². The summed E-state index contributed by atoms with van der Waals surface area (Å²) in [5.41, 5.74) is 12.2. The van der Waals surface area contributed by atoms with Crippen molar-refractivity contribution in [1.82, 2.24) is 4.90 Å². The number of primary amides is 1. The first kappa shape index (κ1) is 27.9. The van der Waals surface area contributed by atoms with E-state index in [2.05, 4.69) is 0 Å². The van der Waals surface area contributed by atoms with Gasteiger partial charge in [-0.3, -0.25) is 19.3 Å². The molecule has 1 heterocycles. The highest BCUT2D eigenvalue weighted by Crippen LogP contribution is 2.59. The molecule has 214 valence electrons. The maximum Gasteiger partial charge on any atom is 0.255 e. The van der Waals surface area contributed by atoms with Gasteiger partial charge in [0.2, 0.25) is 0 Å². The number of aromatic hydroxyl groups is 1. The van der Waals surface area contributed by atoms with Crippen LogP contribution in [0.15, 0.2) is 45.8 Å². The Kier molecular flexibility index (Phi) is 5.91. The lowest BCUT2D eigenvalue weighted by Gasteiger charge is -2.58. The number of Topliss-reactive ketones (excluding diaryl/α,β-unsaturated/α-hetero) is 2. The number of hydrogen-bond donors (Lipinski definition) is 6. The highest BCUT2D eigenvalue weighted by molar-refractivity contribution is 6.25. The lowest BCUT2D eigenvalue weighted by atomic mass is 9.47. The lowest BCUT2D eigenvalue weighted by Crippen LogP contribution is -2.80. The Morgan fingerprint density at radius 2 is 1.83 bits per heavy atom. The number of nitriles is 1. The molecule has 9 N–H and O–H groups in total. The normalized spacial score (nSPS) is 29.2. The van der Waals surface area contributed by atoms with Crippen LogP contribution in [0.3, 0.4) is 0 Å². The van der Waals surface area contributed by atoms with Crippen molar-refractivity contribution in [3.05, 3.63) is 52.5 Å². The zero-order chi connectivity index (χ0) is 30.4. The van der Waals surface area contributed by atoms with Crippen molar-refractivity contribution in [2.24, 2.45) is 22.6 Å². The smallest absolute Gasteiger partial charge is 0.255 e. The average molecular weight is 563 g/mol. The third-order valence-corrected chi connectivity index (χ3v) is 8.50. The fourth-order valence-corrected chi connectivity index (χ4v) is 6.90. The third-order valence-electron chi connectivity index (χ3n) is 8.50. The van der Waals surface area contributed by atoms with E-state index in [-0.39, 0.29) is 23.3 Å². The van der Waals surface area contributed by atoms with Gasteiger partial charge in [0, 0.05) is 19.8 Å². The summed E-state index contributed by atoms with van der Waals surface area (Å²) in [6.07, 6.45) is 0.817. The largest absolute Gasteiger partial charge is 0.509 e. The molecule has 1 aromatic carbocycles. The number of carbonyl (C=O) groups excluding carboxylic acids is 3. The molecule has 13 heteroatoms. The van der Waals surface area contributed by atoms with Crippen molar-refractivity contribution in [2.75, 3.05) is 33.1 Å². The van der Waals surface area contributed by atoms with E-state index in [4.69, 9.17) is 21.6 Å². The van der Waals surface area contributed by atoms with Crippen LogP contribution in [0, 0.1) is 16.7 Å². The number of phenolic OH excluding ortho intramolecular Hbond substituents is 1. The highest BCUT2D eigenvalue weighted by Gasteiger charge is 2.74. The van der Waals surface area contributed by atoms with Gasteiger partial charge < -0.3 is 41.8 Å². The Bertz CT molecular complexity index is 1650. The summed E-state index contributed by atoms with van der Waals surface area (Å²) >= 11 is 0. The molecule has 5 rings (SSSR count). The summed E-state index contributed by atoms with van der Waals surface area (Å²) in [6.45, 7) is 0. The molecule has 0 aliphatic heterocycles. The van der Waals surface area contributed by atoms with Crippen molar-refractivity contribution in [3.8, 4) is 23.1 Å². The summed E-state index contributed by atoms with van der Waals surface area (Å²) in [5, 5.41) is 44.9. The summed E-state index contributed by atoms with van der Waals surface area (Å²) in [5.74, 6) is -5.56. The number of hydrogen-bond acceptors (Lipinski definition) is 12. The molecule has 1 fully saturated rings. The quantitative estimate of drug-likeness (QED) is 0.275. The molecule has 13 nitrogen and oxygen atoms in total. The van der Waals surface area contributed by atoms with E-state index in [0.29, 0.717) is 11.3 Å². The predicted molar refractivity (Wildman–Crippen MR) is 146 cm³/mol. The zero-order valence-corrected chi connectivity index (χ0v) is 22.8. The number of amides is 1. The first-order chi connectivity index (χ1) is 19.1. The van der Waals surface area contributed by atoms with Crippen LogP contribution in [0.4, 0.5) is 5.69 Å². The Morgan fingerprint density at radius 1 is 1.17 bits per heavy atom. The molecule has 3 aliphatic carbocycles. The molecule has 3 aliphatic rings. The Balaban J connectivity index is 1.89. The van der Waals surface area contributed by atoms with Crippen LogP contribution in [0.5, 0.6) is 5.75 Å². The molecule has 0 unspecified atom stereocenters. The summed E-state index contributed by atoms with van der Waals surface area (Å²) < 4.78 is 5.47. The van der Waals surface area contributed by atoms with E-state index >= 15 is 0 Å². The number of nitrogens with zero attached hydrogens (tertiary/aromatic N) is 3. The Morgan fingerprint density at radius 3 is 2.34 bits per heavy atom. The number of likely N-dealkylation sites (N-methyl/N-ethyl adjacent to an activating group) is 1. The van der Waals surface area contributed by atoms with Gasteiger partial charge in [0.05, 0.1) is 46.2 Å². The Labute approximate surface area is 234 Å². The number of carbonyl (C=O) groups is 3. The van der Waals surface area contributed by atoms with Crippen molar-refractivity contribution in [3.63, 3.8) is 0 Å². The number of anilines is 1. The van der Waals surface area contributed by atoms with Gasteiger partial charge in [0.15, 0.2) is 17.0 Å². The molecule has 0 saturated heterocycles. The van der Waals surface area contributed by atoms with Gasteiger partial charge >= 0.3 is 0 Å². The molecular weight excluding hydrogens is 532 g/mol. The molecule has 0 radical (unpaired) electrons. The maximum absolute atomic E-state index is 14.5. The first-order valence-corrected chi connectivity index (χ1v) is 12.6. The minimum atomic E-state index is -2.72. The van der Waals surface area contributed by atoms with E-state index in [0.717, 1.165) is 0 Å². The molecule has 2 aromatic rings. The minimum absolute atomic E-state index is 0.112. The van der Waals surface area contributed by atoms with E-state index in [1.807, 2.05) is 0 Å². The van der Waals surface area contributed by atoms with Crippen molar-refractivity contribution < 1.29 is 34.1 Å². The second-order valence-corrected chi connectivity index (χ2v) is 11.3. The topological polar surface area (TPSA) is 233 Å². The van der Waals surface area contributed by atoms with Gasteiger partial charge in [0.1, 0.15) is 28.6 Å². The number of ketones is 2. The fraction of sp³-hybridized carbons (Fsp3) is 0.357. The summed E-state index contributed by atoms with van der Waals surface area (Å²) in [6, 6.07) is 5.17. The van der Waals surface area contributed by atoms with Gasteiger partial charge in [-0.1, -0.05) is 0 Å². The van der Waals surface area contributed by atoms with Crippen LogP contribution >= 0.6 is 0 Å². The summed E-state index contributed by atoms with van der Waals surface area (Å²) in [4.78, 5) is 43.4. The SMILES string of the molecule is CN(C)c1cc(-c2ccco2)c(O)c2c1C[C@@]1(N)C[C@@]3(N)[C@H](N(C)C)C(=O)C(C(N)=O)=C(O)[C@@]3(C#N)C(=O)C1=C2O. The van der Waals surface area contributed by atoms with Crippen LogP contribution < -0.4 is 22.1 Å². The molecule has 1 saturated carbocycles. The minimum Gasteiger partial charge on any atom is -0.509 e. The number of nitrogens with two attached hydrogens (primary N) is 3. The summed E-state index contributed by atoms with van der Waals surface area (Å²) in [7, 11) is 6.41. The van der Waals surface area contributed by atoms with Crippen LogP contribution in [-0.2, 0) is 20.8 Å². The van der Waals surface area contributed by atoms with Crippen LogP contribution in [-0.4, -0.2) is 83.0 Å². The van der Waals surface area contributed by atoms with E-state index in [1.54, 1.807) is 43.3 Å². The molecule has 0 bridgehead atoms. The second kappa shape index (κ2) is 8.68. The first-order valence-electron chi connectivity index (χ1n) is 12.6. The van der Waals surface area contributed by atoms with Crippen molar-refractivity contribution in [1.29, 1.82) is 5.26 Å². The number of aliphatic hydroxyl groups is 2. The fourth-order valence-electron chi connectivity index (χ4n) is 6.90. The third kappa shape index (κ3) is 3.29. The maximum atomic E-state index is 14.5. The predicted octanol–water partition coefficient (Wildman–Crippen LogP) is 0.231. The van der Waals surface area contributed by atoms with Gasteiger partial charge in [-0.2, -0.15) is 5.26 Å². The number of furan rings is 1. The van der Waals surface area contributed by atoms with Crippen molar-refractivity contribution >= 4 is 28.9 Å². The molecule has 0 spiro atoms. The van der Waals surface area contributed by atoms with Gasteiger partial charge in [0.25, 0.3) is 5.91 Å². The lowest BCUT2D eigenvalue weighted by molar-refractivity contribution is -0.139. The molecule has 41 heavy (non-hydrogen) atoms. The standard InChI is InChI=1S/C28H30N6O7/c1-33(2)14-8-12(15-6-5-7-41-15)19(35)16-13(14)9-26(31)10-28(32)22(34(3)4)21(37)17(25(30)40)23(38)27(28,11-29)24(39)18(26)20(16)36/h5-8,22,35-36,38H,9-10,31-32H2,1-4H3,(H2,30,40)/t22-,26-,27+,28-/m1/s1. The number of aliphatic hydroxyl groups excluding tert-OH is 2. The van der Waals surface area contributed by atoms with Gasteiger partial charge in [-0.05, 0) is 50.7 Å². The average Bonchev–Trinajstić information content (AvgIpc) is 3.37. The van der Waals surface area contributed by atoms with Crippen LogP contribution in [0.1, 0.15) is 17.5 Å². The number of benzene rings is 1. The van der Waals surface area contributed by atoms with E-state index in [1.165, 1.54) is 25.3 Å². The number of fused-ring (bicyclic) bond motifs is 3. The van der Waals surface area contributed by atoms with Gasteiger partial charge in [-0.15, -0.1) is 0 Å². The Hall–Kier alpha value is -4.64. The zero-order valence-electron chi connectivity index (χ0n) is 22.8. The van der Waals surface area contributed by atoms with Crippen LogP contribution in [0.25, 0.3) is 17.1 Å². The monoisotopic (exact) mass is 562 g/mol.